The second-order valence-corrected chi connectivity index (χ2v) is 7.01. The molecule has 1 aromatic heterocycles. The molecule has 1 fully saturated rings. The monoisotopic (exact) mass is 331 g/mol. The topological polar surface area (TPSA) is 102 Å². The van der Waals surface area contributed by atoms with Gasteiger partial charge in [0.15, 0.2) is 5.76 Å². The average molecular weight is 331 g/mol. The Morgan fingerprint density at radius 3 is 2.55 bits per heavy atom. The van der Waals surface area contributed by atoms with Crippen LogP contribution in [0.5, 0.6) is 0 Å². The molecular formula is C13H21N3O5S. The summed E-state index contributed by atoms with van der Waals surface area (Å²) in [4.78, 5) is 13.5. The molecule has 0 aromatic carbocycles. The summed E-state index contributed by atoms with van der Waals surface area (Å²) in [6.45, 7) is 4.24. The largest absolute Gasteiger partial charge is 0.375 e. The van der Waals surface area contributed by atoms with Gasteiger partial charge in [-0.05, 0) is 26.7 Å². The van der Waals surface area contributed by atoms with Crippen LogP contribution in [-0.2, 0) is 19.6 Å². The van der Waals surface area contributed by atoms with E-state index in [1.54, 1.807) is 18.7 Å². The summed E-state index contributed by atoms with van der Waals surface area (Å²) in [6, 6.07) is -0.203. The van der Waals surface area contributed by atoms with Crippen LogP contribution in [0, 0.1) is 13.8 Å². The molecule has 1 aromatic rings. The van der Waals surface area contributed by atoms with E-state index in [4.69, 9.17) is 9.26 Å². The summed E-state index contributed by atoms with van der Waals surface area (Å²) >= 11 is 0. The molecule has 0 unspecified atom stereocenters. The summed E-state index contributed by atoms with van der Waals surface area (Å²) in [5, 5.41) is 3.67. The molecule has 0 aliphatic carbocycles. The van der Waals surface area contributed by atoms with E-state index in [0.717, 1.165) is 0 Å². The normalized spacial score (nSPS) is 17.0. The number of carbonyl (C=O) groups is 1. The Morgan fingerprint density at radius 2 is 2.05 bits per heavy atom. The van der Waals surface area contributed by atoms with Crippen molar-refractivity contribution in [2.45, 2.75) is 37.6 Å². The van der Waals surface area contributed by atoms with E-state index < -0.39 is 10.0 Å². The number of ether oxygens (including phenoxy) is 1. The van der Waals surface area contributed by atoms with Gasteiger partial charge in [0, 0.05) is 26.2 Å². The van der Waals surface area contributed by atoms with Crippen LogP contribution < -0.4 is 4.72 Å². The minimum Gasteiger partial charge on any atom is -0.375 e. The summed E-state index contributed by atoms with van der Waals surface area (Å²) in [5.41, 5.74) is 0.345. The highest BCUT2D eigenvalue weighted by Gasteiger charge is 2.30. The number of hydrogen-bond donors (Lipinski definition) is 1. The maximum absolute atomic E-state index is 12.4. The van der Waals surface area contributed by atoms with E-state index in [1.165, 1.54) is 7.11 Å². The van der Waals surface area contributed by atoms with Crippen molar-refractivity contribution in [1.29, 1.82) is 0 Å². The number of nitrogens with zero attached hydrogens (tertiary/aromatic N) is 2. The summed E-state index contributed by atoms with van der Waals surface area (Å²) < 4.78 is 37.2. The lowest BCUT2D eigenvalue weighted by atomic mass is 10.1. The Morgan fingerprint density at radius 1 is 1.41 bits per heavy atom. The number of methoxy groups -OCH3 is 1. The maximum atomic E-state index is 12.4. The number of hydrogen-bond acceptors (Lipinski definition) is 6. The Labute approximate surface area is 129 Å². The smallest absolute Gasteiger partial charge is 0.248 e. The van der Waals surface area contributed by atoms with Crippen LogP contribution in [0.25, 0.3) is 0 Å². The van der Waals surface area contributed by atoms with Crippen molar-refractivity contribution < 1.29 is 22.5 Å². The number of piperidine rings is 1. The summed E-state index contributed by atoms with van der Waals surface area (Å²) in [7, 11) is -2.19. The van der Waals surface area contributed by atoms with Gasteiger partial charge >= 0.3 is 0 Å². The lowest BCUT2D eigenvalue weighted by Crippen LogP contribution is -2.47. The van der Waals surface area contributed by atoms with Crippen molar-refractivity contribution in [3.63, 3.8) is 0 Å². The van der Waals surface area contributed by atoms with E-state index in [0.29, 0.717) is 31.6 Å². The first-order chi connectivity index (χ1) is 10.3. The van der Waals surface area contributed by atoms with Crippen LogP contribution in [0.15, 0.2) is 9.42 Å². The third-order valence-electron chi connectivity index (χ3n) is 3.67. The number of aromatic nitrogens is 1. The number of amides is 1. The molecule has 0 bridgehead atoms. The molecule has 0 atom stereocenters. The van der Waals surface area contributed by atoms with Crippen LogP contribution >= 0.6 is 0 Å². The molecule has 0 spiro atoms. The van der Waals surface area contributed by atoms with Crippen molar-refractivity contribution in [3.05, 3.63) is 11.5 Å². The van der Waals surface area contributed by atoms with Gasteiger partial charge in [0.05, 0.1) is 0 Å². The van der Waals surface area contributed by atoms with E-state index in [9.17, 15) is 13.2 Å². The van der Waals surface area contributed by atoms with Gasteiger partial charge in [-0.15, -0.1) is 0 Å². The summed E-state index contributed by atoms with van der Waals surface area (Å²) in [5.74, 6) is 0.201. The minimum atomic E-state index is -3.66. The SMILES string of the molecule is COCC(=O)N1CCC(NS(=O)(=O)c2c(C)noc2C)CC1. The number of carbonyl (C=O) groups excluding carboxylic acids is 1. The fourth-order valence-electron chi connectivity index (χ4n) is 2.60. The van der Waals surface area contributed by atoms with Crippen molar-refractivity contribution in [1.82, 2.24) is 14.8 Å². The first-order valence-corrected chi connectivity index (χ1v) is 8.55. The molecule has 22 heavy (non-hydrogen) atoms. The number of nitrogens with one attached hydrogen (secondary N) is 1. The second kappa shape index (κ2) is 6.76. The third-order valence-corrected chi connectivity index (χ3v) is 5.44. The highest BCUT2D eigenvalue weighted by atomic mass is 32.2. The van der Waals surface area contributed by atoms with Gasteiger partial charge in [0.2, 0.25) is 15.9 Å². The molecule has 1 saturated heterocycles. The first kappa shape index (κ1) is 16.9. The molecule has 2 heterocycles. The van der Waals surface area contributed by atoms with E-state index in [2.05, 4.69) is 9.88 Å². The highest BCUT2D eigenvalue weighted by molar-refractivity contribution is 7.89. The molecule has 8 nitrogen and oxygen atoms in total. The van der Waals surface area contributed by atoms with E-state index in [-0.39, 0.29) is 29.2 Å². The fraction of sp³-hybridized carbons (Fsp3) is 0.692. The molecule has 124 valence electrons. The highest BCUT2D eigenvalue weighted by Crippen LogP contribution is 2.20. The van der Waals surface area contributed by atoms with Gasteiger partial charge in [-0.25, -0.2) is 13.1 Å². The zero-order valence-corrected chi connectivity index (χ0v) is 13.8. The van der Waals surface area contributed by atoms with Gasteiger partial charge in [0.1, 0.15) is 17.2 Å². The van der Waals surface area contributed by atoms with Gasteiger partial charge in [-0.3, -0.25) is 4.79 Å². The lowest BCUT2D eigenvalue weighted by Gasteiger charge is -2.32. The van der Waals surface area contributed by atoms with Crippen LogP contribution in [0.2, 0.25) is 0 Å². The number of aryl methyl sites for hydroxylation is 2. The zero-order valence-electron chi connectivity index (χ0n) is 13.0. The minimum absolute atomic E-state index is 0.0511. The average Bonchev–Trinajstić information content (AvgIpc) is 2.79. The van der Waals surface area contributed by atoms with Crippen LogP contribution in [0.1, 0.15) is 24.3 Å². The molecule has 9 heteroatoms. The molecule has 1 amide bonds. The van der Waals surface area contributed by atoms with Gasteiger partial charge < -0.3 is 14.2 Å². The Bertz CT molecular complexity index is 613. The molecule has 0 saturated carbocycles. The quantitative estimate of drug-likeness (QED) is 0.827. The van der Waals surface area contributed by atoms with Crippen molar-refractivity contribution in [2.75, 3.05) is 26.8 Å². The van der Waals surface area contributed by atoms with Gasteiger partial charge in [-0.2, -0.15) is 0 Å². The first-order valence-electron chi connectivity index (χ1n) is 7.07. The molecule has 2 rings (SSSR count). The predicted molar refractivity (Wildman–Crippen MR) is 77.8 cm³/mol. The van der Waals surface area contributed by atoms with Crippen molar-refractivity contribution >= 4 is 15.9 Å². The molecule has 1 aliphatic rings. The van der Waals surface area contributed by atoms with E-state index >= 15 is 0 Å². The Kier molecular flexibility index (Phi) is 5.20. The second-order valence-electron chi connectivity index (χ2n) is 5.36. The number of likely N-dealkylation sites (tertiary alicyclic amines) is 1. The fourth-order valence-corrected chi connectivity index (χ4v) is 4.23. The Hall–Kier alpha value is -1.45. The lowest BCUT2D eigenvalue weighted by molar-refractivity contribution is -0.136. The van der Waals surface area contributed by atoms with Crippen molar-refractivity contribution in [3.8, 4) is 0 Å². The van der Waals surface area contributed by atoms with E-state index in [1.807, 2.05) is 0 Å². The van der Waals surface area contributed by atoms with Crippen LogP contribution in [0.3, 0.4) is 0 Å². The van der Waals surface area contributed by atoms with Crippen LogP contribution in [0.4, 0.5) is 0 Å². The maximum Gasteiger partial charge on any atom is 0.248 e. The van der Waals surface area contributed by atoms with Gasteiger partial charge in [0.25, 0.3) is 0 Å². The summed E-state index contributed by atoms with van der Waals surface area (Å²) in [6.07, 6.45) is 1.14. The third kappa shape index (κ3) is 3.65. The predicted octanol–water partition coefficient (Wildman–Crippen LogP) is 0.207. The molecule has 1 N–H and O–H groups in total. The van der Waals surface area contributed by atoms with Crippen LogP contribution in [-0.4, -0.2) is 57.2 Å². The van der Waals surface area contributed by atoms with Crippen molar-refractivity contribution in [2.24, 2.45) is 0 Å². The number of rotatable bonds is 5. The zero-order chi connectivity index (χ0) is 16.3. The number of sulfonamides is 1. The standard InChI is InChI=1S/C13H21N3O5S/c1-9-13(10(2)21-14-9)22(18,19)15-11-4-6-16(7-5-11)12(17)8-20-3/h11,15H,4-8H2,1-3H3. The molecular weight excluding hydrogens is 310 g/mol. The van der Waals surface area contributed by atoms with Gasteiger partial charge in [-0.1, -0.05) is 5.16 Å². The molecule has 0 radical (unpaired) electrons. The Balaban J connectivity index is 1.97. The molecule has 1 aliphatic heterocycles.